The summed E-state index contributed by atoms with van der Waals surface area (Å²) in [7, 11) is -3.31. The Balaban J connectivity index is 1.77. The van der Waals surface area contributed by atoms with Gasteiger partial charge in [0.1, 0.15) is 0 Å². The van der Waals surface area contributed by atoms with Crippen molar-refractivity contribution in [2.45, 2.75) is 18.9 Å². The third kappa shape index (κ3) is 3.73. The van der Waals surface area contributed by atoms with Gasteiger partial charge in [-0.25, -0.2) is 8.42 Å². The van der Waals surface area contributed by atoms with Gasteiger partial charge < -0.3 is 4.90 Å². The Morgan fingerprint density at radius 1 is 1.26 bits per heavy atom. The minimum absolute atomic E-state index is 0.00962. The topological polar surface area (TPSA) is 66.5 Å². The van der Waals surface area contributed by atoms with Gasteiger partial charge in [-0.1, -0.05) is 0 Å². The fourth-order valence-corrected chi connectivity index (χ4v) is 4.15. The van der Waals surface area contributed by atoms with Gasteiger partial charge in [-0.2, -0.15) is 11.3 Å². The number of benzene rings is 1. The number of nitrogens with zero attached hydrogens (tertiary/aromatic N) is 1. The summed E-state index contributed by atoms with van der Waals surface area (Å²) >= 11 is 1.64. The second-order valence-electron chi connectivity index (χ2n) is 5.66. The van der Waals surface area contributed by atoms with Crippen LogP contribution in [0.4, 0.5) is 5.69 Å². The average molecular weight is 350 g/mol. The fourth-order valence-electron chi connectivity index (χ4n) is 2.88. The first-order chi connectivity index (χ1) is 10.9. The third-order valence-electron chi connectivity index (χ3n) is 3.88. The van der Waals surface area contributed by atoms with Crippen molar-refractivity contribution in [1.82, 2.24) is 4.90 Å². The van der Waals surface area contributed by atoms with E-state index in [1.807, 2.05) is 10.3 Å². The summed E-state index contributed by atoms with van der Waals surface area (Å²) in [6, 6.07) is 8.77. The summed E-state index contributed by atoms with van der Waals surface area (Å²) < 4.78 is 24.8. The quantitative estimate of drug-likeness (QED) is 0.921. The van der Waals surface area contributed by atoms with E-state index in [2.05, 4.69) is 16.2 Å². The highest BCUT2D eigenvalue weighted by molar-refractivity contribution is 7.92. The maximum absolute atomic E-state index is 12.7. The van der Waals surface area contributed by atoms with E-state index < -0.39 is 10.0 Å². The van der Waals surface area contributed by atoms with E-state index in [4.69, 9.17) is 0 Å². The van der Waals surface area contributed by atoms with Crippen LogP contribution in [0.2, 0.25) is 0 Å². The smallest absolute Gasteiger partial charge is 0.254 e. The molecule has 0 bridgehead atoms. The first-order valence-electron chi connectivity index (χ1n) is 7.35. The summed E-state index contributed by atoms with van der Waals surface area (Å²) in [5.41, 5.74) is 2.22. The zero-order valence-corrected chi connectivity index (χ0v) is 14.4. The van der Waals surface area contributed by atoms with E-state index in [1.165, 1.54) is 5.56 Å². The van der Waals surface area contributed by atoms with Crippen LogP contribution in [-0.4, -0.2) is 32.0 Å². The monoisotopic (exact) mass is 350 g/mol. The predicted molar refractivity (Wildman–Crippen MR) is 92.2 cm³/mol. The zero-order chi connectivity index (χ0) is 16.4. The molecule has 1 aromatic carbocycles. The van der Waals surface area contributed by atoms with E-state index in [1.54, 1.807) is 35.6 Å². The molecule has 2 aromatic rings. The van der Waals surface area contributed by atoms with Gasteiger partial charge in [0.2, 0.25) is 10.0 Å². The number of amides is 1. The summed E-state index contributed by atoms with van der Waals surface area (Å²) in [5, 5.41) is 4.12. The van der Waals surface area contributed by atoms with Gasteiger partial charge in [-0.15, -0.1) is 0 Å². The fraction of sp³-hybridized carbons (Fsp3) is 0.312. The lowest BCUT2D eigenvalue weighted by atomic mass is 10.1. The lowest BCUT2D eigenvalue weighted by Gasteiger charge is -2.24. The number of likely N-dealkylation sites (tertiary alicyclic amines) is 1. The molecule has 1 amide bonds. The van der Waals surface area contributed by atoms with Crippen LogP contribution < -0.4 is 4.72 Å². The number of carbonyl (C=O) groups excluding carboxylic acids is 1. The Morgan fingerprint density at radius 2 is 2.00 bits per heavy atom. The van der Waals surface area contributed by atoms with E-state index in [0.29, 0.717) is 11.3 Å². The van der Waals surface area contributed by atoms with Crippen molar-refractivity contribution in [2.75, 3.05) is 17.5 Å². The van der Waals surface area contributed by atoms with Crippen LogP contribution in [0.1, 0.15) is 34.8 Å². The Kier molecular flexibility index (Phi) is 4.41. The first-order valence-corrected chi connectivity index (χ1v) is 10.2. The number of hydrogen-bond acceptors (Lipinski definition) is 4. The summed E-state index contributed by atoms with van der Waals surface area (Å²) in [6.45, 7) is 0.753. The Morgan fingerprint density at radius 3 is 2.61 bits per heavy atom. The molecule has 1 aromatic heterocycles. The summed E-state index contributed by atoms with van der Waals surface area (Å²) in [4.78, 5) is 14.6. The lowest BCUT2D eigenvalue weighted by molar-refractivity contribution is 0.0736. The van der Waals surface area contributed by atoms with E-state index in [9.17, 15) is 13.2 Å². The van der Waals surface area contributed by atoms with Gasteiger partial charge in [0.25, 0.3) is 5.91 Å². The number of rotatable bonds is 4. The molecule has 1 aliphatic rings. The molecule has 1 aliphatic heterocycles. The van der Waals surface area contributed by atoms with Crippen LogP contribution in [0.5, 0.6) is 0 Å². The molecule has 0 unspecified atom stereocenters. The molecule has 0 saturated carbocycles. The largest absolute Gasteiger partial charge is 0.332 e. The number of carbonyl (C=O) groups is 1. The number of hydrogen-bond donors (Lipinski definition) is 1. The highest BCUT2D eigenvalue weighted by Crippen LogP contribution is 2.34. The highest BCUT2D eigenvalue weighted by atomic mass is 32.2. The maximum atomic E-state index is 12.7. The van der Waals surface area contributed by atoms with Crippen molar-refractivity contribution < 1.29 is 13.2 Å². The molecule has 1 atom stereocenters. The van der Waals surface area contributed by atoms with Crippen LogP contribution in [0.15, 0.2) is 41.1 Å². The Hall–Kier alpha value is -1.86. The third-order valence-corrected chi connectivity index (χ3v) is 5.18. The molecule has 1 saturated heterocycles. The van der Waals surface area contributed by atoms with Crippen molar-refractivity contribution >= 4 is 33.0 Å². The van der Waals surface area contributed by atoms with Crippen LogP contribution >= 0.6 is 11.3 Å². The molecule has 2 heterocycles. The second-order valence-corrected chi connectivity index (χ2v) is 8.19. The summed E-state index contributed by atoms with van der Waals surface area (Å²) in [6.07, 6.45) is 3.08. The van der Waals surface area contributed by atoms with Crippen molar-refractivity contribution in [3.8, 4) is 0 Å². The molecule has 3 rings (SSSR count). The number of thiophene rings is 1. The molecular formula is C16H18N2O3S2. The van der Waals surface area contributed by atoms with Crippen molar-refractivity contribution in [2.24, 2.45) is 0 Å². The minimum atomic E-state index is -3.31. The average Bonchev–Trinajstić information content (AvgIpc) is 3.16. The number of anilines is 1. The molecule has 5 nitrogen and oxygen atoms in total. The van der Waals surface area contributed by atoms with Gasteiger partial charge >= 0.3 is 0 Å². The highest BCUT2D eigenvalue weighted by Gasteiger charge is 2.30. The van der Waals surface area contributed by atoms with Gasteiger partial charge in [0.05, 0.1) is 12.3 Å². The van der Waals surface area contributed by atoms with Crippen LogP contribution in [0, 0.1) is 0 Å². The van der Waals surface area contributed by atoms with Crippen molar-refractivity contribution in [3.05, 3.63) is 52.2 Å². The molecule has 0 radical (unpaired) electrons. The lowest BCUT2D eigenvalue weighted by Crippen LogP contribution is -2.30. The normalized spacial score (nSPS) is 18.1. The SMILES string of the molecule is CS(=O)(=O)Nc1ccc(C(=O)N2CCC[C@H]2c2ccsc2)cc1. The van der Waals surface area contributed by atoms with E-state index in [-0.39, 0.29) is 11.9 Å². The van der Waals surface area contributed by atoms with E-state index >= 15 is 0 Å². The van der Waals surface area contributed by atoms with E-state index in [0.717, 1.165) is 25.6 Å². The predicted octanol–water partition coefficient (Wildman–Crippen LogP) is 3.10. The van der Waals surface area contributed by atoms with Gasteiger partial charge in [0, 0.05) is 17.8 Å². The Labute approximate surface area is 140 Å². The van der Waals surface area contributed by atoms with Crippen LogP contribution in [-0.2, 0) is 10.0 Å². The second kappa shape index (κ2) is 6.33. The molecule has 0 spiro atoms. The molecule has 1 N–H and O–H groups in total. The number of nitrogens with one attached hydrogen (secondary N) is 1. The molecule has 1 fully saturated rings. The standard InChI is InChI=1S/C16H18N2O3S2/c1-23(20,21)17-14-6-4-12(5-7-14)16(19)18-9-2-3-15(18)13-8-10-22-11-13/h4-8,10-11,15,17H,2-3,9H2,1H3/t15-/m0/s1. The molecule has 0 aliphatic carbocycles. The zero-order valence-electron chi connectivity index (χ0n) is 12.7. The van der Waals surface area contributed by atoms with Gasteiger partial charge in [-0.3, -0.25) is 9.52 Å². The maximum Gasteiger partial charge on any atom is 0.254 e. The number of sulfonamides is 1. The molecule has 7 heteroatoms. The summed E-state index contributed by atoms with van der Waals surface area (Å²) in [5.74, 6) is -0.00962. The van der Waals surface area contributed by atoms with Crippen LogP contribution in [0.25, 0.3) is 0 Å². The van der Waals surface area contributed by atoms with Crippen molar-refractivity contribution in [3.63, 3.8) is 0 Å². The van der Waals surface area contributed by atoms with Crippen LogP contribution in [0.3, 0.4) is 0 Å². The van der Waals surface area contributed by atoms with Gasteiger partial charge in [0.15, 0.2) is 0 Å². The molecule has 122 valence electrons. The first kappa shape index (κ1) is 16.0. The minimum Gasteiger partial charge on any atom is -0.332 e. The Bertz CT molecular complexity index is 783. The molecule has 23 heavy (non-hydrogen) atoms. The molecular weight excluding hydrogens is 332 g/mol. The van der Waals surface area contributed by atoms with Crippen molar-refractivity contribution in [1.29, 1.82) is 0 Å². The van der Waals surface area contributed by atoms with Gasteiger partial charge in [-0.05, 0) is 59.5 Å².